The van der Waals surface area contributed by atoms with Crippen molar-refractivity contribution >= 4 is 17.4 Å². The lowest BCUT2D eigenvalue weighted by molar-refractivity contribution is 0.185. The molecule has 0 radical (unpaired) electrons. The van der Waals surface area contributed by atoms with Crippen molar-refractivity contribution in [3.63, 3.8) is 0 Å². The highest BCUT2D eigenvalue weighted by atomic mass is 35.5. The van der Waals surface area contributed by atoms with E-state index in [-0.39, 0.29) is 0 Å². The molecule has 3 rings (SSSR count). The molecule has 1 saturated carbocycles. The van der Waals surface area contributed by atoms with Crippen molar-refractivity contribution in [3.8, 4) is 0 Å². The van der Waals surface area contributed by atoms with E-state index in [2.05, 4.69) is 33.5 Å². The van der Waals surface area contributed by atoms with Gasteiger partial charge in [0, 0.05) is 25.6 Å². The van der Waals surface area contributed by atoms with Gasteiger partial charge in [0.05, 0.1) is 6.61 Å². The van der Waals surface area contributed by atoms with Crippen LogP contribution in [0.3, 0.4) is 0 Å². The summed E-state index contributed by atoms with van der Waals surface area (Å²) in [6.07, 6.45) is 2.33. The Balaban J connectivity index is 1.68. The average Bonchev–Trinajstić information content (AvgIpc) is 3.30. The average molecular weight is 304 g/mol. The Morgan fingerprint density at radius 1 is 1.24 bits per heavy atom. The molecule has 0 atom stereocenters. The smallest absolute Gasteiger partial charge is 0.135 e. The second kappa shape index (κ2) is 6.41. The van der Waals surface area contributed by atoms with Crippen molar-refractivity contribution in [1.29, 1.82) is 0 Å². The minimum atomic E-state index is 0.495. The molecule has 1 aliphatic rings. The van der Waals surface area contributed by atoms with Gasteiger partial charge in [-0.1, -0.05) is 35.9 Å². The van der Waals surface area contributed by atoms with Crippen LogP contribution in [0.2, 0.25) is 5.15 Å². The second-order valence-electron chi connectivity index (χ2n) is 5.31. The monoisotopic (exact) mass is 303 g/mol. The Morgan fingerprint density at radius 2 is 2.05 bits per heavy atom. The fraction of sp³-hybridized carbons (Fsp3) is 0.375. The van der Waals surface area contributed by atoms with Crippen molar-refractivity contribution in [2.75, 3.05) is 12.4 Å². The zero-order chi connectivity index (χ0) is 14.7. The summed E-state index contributed by atoms with van der Waals surface area (Å²) in [4.78, 5) is 8.83. The molecule has 0 amide bonds. The number of anilines is 1. The lowest BCUT2D eigenvalue weighted by Gasteiger charge is -2.09. The number of nitrogens with zero attached hydrogens (tertiary/aromatic N) is 2. The third kappa shape index (κ3) is 3.93. The molecule has 1 heterocycles. The molecule has 110 valence electrons. The summed E-state index contributed by atoms with van der Waals surface area (Å²) >= 11 is 6.06. The van der Waals surface area contributed by atoms with Gasteiger partial charge in [-0.25, -0.2) is 9.97 Å². The van der Waals surface area contributed by atoms with Crippen LogP contribution in [-0.4, -0.2) is 17.1 Å². The molecule has 5 heteroatoms. The van der Waals surface area contributed by atoms with E-state index in [0.717, 1.165) is 17.2 Å². The SMILES string of the molecule is COCc1cccc(CNc2cc(Cl)nc(C3CC3)n2)c1. The molecular formula is C16H18ClN3O. The van der Waals surface area contributed by atoms with E-state index < -0.39 is 0 Å². The molecule has 0 bridgehead atoms. The Hall–Kier alpha value is -1.65. The molecule has 0 spiro atoms. The fourth-order valence-electron chi connectivity index (χ4n) is 2.24. The topological polar surface area (TPSA) is 47.0 Å². The van der Waals surface area contributed by atoms with Crippen LogP contribution in [0.15, 0.2) is 30.3 Å². The number of hydrogen-bond donors (Lipinski definition) is 1. The summed E-state index contributed by atoms with van der Waals surface area (Å²) in [6.45, 7) is 1.33. The molecule has 1 fully saturated rings. The molecule has 1 aromatic heterocycles. The van der Waals surface area contributed by atoms with Gasteiger partial charge in [0.2, 0.25) is 0 Å². The number of rotatable bonds is 6. The van der Waals surface area contributed by atoms with Crippen LogP contribution in [0, 0.1) is 0 Å². The molecule has 1 aliphatic carbocycles. The molecule has 21 heavy (non-hydrogen) atoms. The molecule has 0 unspecified atom stereocenters. The Kier molecular flexibility index (Phi) is 4.36. The van der Waals surface area contributed by atoms with Crippen molar-refractivity contribution < 1.29 is 4.74 Å². The van der Waals surface area contributed by atoms with Crippen LogP contribution in [0.4, 0.5) is 5.82 Å². The molecule has 2 aromatic rings. The number of halogens is 1. The first-order valence-electron chi connectivity index (χ1n) is 7.09. The first kappa shape index (κ1) is 14.3. The molecule has 4 nitrogen and oxygen atoms in total. The van der Waals surface area contributed by atoms with Crippen molar-refractivity contribution in [1.82, 2.24) is 9.97 Å². The summed E-state index contributed by atoms with van der Waals surface area (Å²) in [5.74, 6) is 2.14. The summed E-state index contributed by atoms with van der Waals surface area (Å²) < 4.78 is 5.15. The van der Waals surface area contributed by atoms with Gasteiger partial charge >= 0.3 is 0 Å². The van der Waals surface area contributed by atoms with Gasteiger partial charge in [-0.3, -0.25) is 0 Å². The molecule has 1 aromatic carbocycles. The molecule has 1 N–H and O–H groups in total. The zero-order valence-electron chi connectivity index (χ0n) is 12.0. The van der Waals surface area contributed by atoms with Gasteiger partial charge in [0.1, 0.15) is 16.8 Å². The van der Waals surface area contributed by atoms with Crippen LogP contribution in [0.1, 0.15) is 35.7 Å². The number of methoxy groups -OCH3 is 1. The number of hydrogen-bond acceptors (Lipinski definition) is 4. The predicted molar refractivity (Wildman–Crippen MR) is 83.5 cm³/mol. The lowest BCUT2D eigenvalue weighted by Crippen LogP contribution is -2.04. The maximum atomic E-state index is 6.06. The van der Waals surface area contributed by atoms with Crippen molar-refractivity contribution in [3.05, 3.63) is 52.4 Å². The molecule has 0 saturated heterocycles. The molecular weight excluding hydrogens is 286 g/mol. The van der Waals surface area contributed by atoms with Crippen LogP contribution >= 0.6 is 11.6 Å². The minimum Gasteiger partial charge on any atom is -0.380 e. The first-order chi connectivity index (χ1) is 10.2. The largest absolute Gasteiger partial charge is 0.380 e. The normalized spacial score (nSPS) is 14.2. The van der Waals surface area contributed by atoms with E-state index in [9.17, 15) is 0 Å². The van der Waals surface area contributed by atoms with Crippen molar-refractivity contribution in [2.45, 2.75) is 31.9 Å². The van der Waals surface area contributed by atoms with Crippen LogP contribution < -0.4 is 5.32 Å². The van der Waals surface area contributed by atoms with E-state index in [1.165, 1.54) is 18.4 Å². The standard InChI is InChI=1S/C16H18ClN3O/c1-21-10-12-4-2-3-11(7-12)9-18-15-8-14(17)19-16(20-15)13-5-6-13/h2-4,7-8,13H,5-6,9-10H2,1H3,(H,18,19,20). The first-order valence-corrected chi connectivity index (χ1v) is 7.47. The fourth-order valence-corrected chi connectivity index (χ4v) is 2.43. The zero-order valence-corrected chi connectivity index (χ0v) is 12.7. The number of benzene rings is 1. The second-order valence-corrected chi connectivity index (χ2v) is 5.70. The predicted octanol–water partition coefficient (Wildman–Crippen LogP) is 3.77. The Labute approximate surface area is 129 Å². The third-order valence-corrected chi connectivity index (χ3v) is 3.62. The summed E-state index contributed by atoms with van der Waals surface area (Å²) in [5.41, 5.74) is 2.35. The highest BCUT2D eigenvalue weighted by molar-refractivity contribution is 6.29. The van der Waals surface area contributed by atoms with Gasteiger partial charge in [-0.2, -0.15) is 0 Å². The van der Waals surface area contributed by atoms with E-state index in [0.29, 0.717) is 24.2 Å². The van der Waals surface area contributed by atoms with Gasteiger partial charge in [-0.05, 0) is 24.0 Å². The Morgan fingerprint density at radius 3 is 2.81 bits per heavy atom. The summed E-state index contributed by atoms with van der Waals surface area (Å²) in [5, 5.41) is 3.82. The van der Waals surface area contributed by atoms with Gasteiger partial charge in [0.15, 0.2) is 0 Å². The van der Waals surface area contributed by atoms with E-state index >= 15 is 0 Å². The van der Waals surface area contributed by atoms with Gasteiger partial charge in [-0.15, -0.1) is 0 Å². The van der Waals surface area contributed by atoms with Crippen molar-refractivity contribution in [2.24, 2.45) is 0 Å². The van der Waals surface area contributed by atoms with E-state index in [1.54, 1.807) is 13.2 Å². The summed E-state index contributed by atoms with van der Waals surface area (Å²) in [7, 11) is 1.70. The maximum absolute atomic E-state index is 6.06. The van der Waals surface area contributed by atoms with Crippen LogP contribution in [0.25, 0.3) is 0 Å². The van der Waals surface area contributed by atoms with E-state index in [1.807, 2.05) is 6.07 Å². The molecule has 0 aliphatic heterocycles. The van der Waals surface area contributed by atoms with E-state index in [4.69, 9.17) is 16.3 Å². The summed E-state index contributed by atoms with van der Waals surface area (Å²) in [6, 6.07) is 10.1. The number of ether oxygens (including phenoxy) is 1. The highest BCUT2D eigenvalue weighted by Gasteiger charge is 2.27. The Bertz CT molecular complexity index is 629. The van der Waals surface area contributed by atoms with Gasteiger partial charge < -0.3 is 10.1 Å². The van der Waals surface area contributed by atoms with Gasteiger partial charge in [0.25, 0.3) is 0 Å². The lowest BCUT2D eigenvalue weighted by atomic mass is 10.1. The minimum absolute atomic E-state index is 0.495. The third-order valence-electron chi connectivity index (χ3n) is 3.43. The number of nitrogens with one attached hydrogen (secondary N) is 1. The maximum Gasteiger partial charge on any atom is 0.135 e. The van der Waals surface area contributed by atoms with Crippen LogP contribution in [-0.2, 0) is 17.9 Å². The quantitative estimate of drug-likeness (QED) is 0.825. The number of aromatic nitrogens is 2. The van der Waals surface area contributed by atoms with Crippen LogP contribution in [0.5, 0.6) is 0 Å². The highest BCUT2D eigenvalue weighted by Crippen LogP contribution is 2.38.